The molecule has 23 heavy (non-hydrogen) atoms. The third kappa shape index (κ3) is 5.80. The third-order valence-corrected chi connectivity index (χ3v) is 4.47. The SMILES string of the molecule is CS(=O)(=O)NC1CCN(C(=O)NCCCc2ccccc2F)C1. The quantitative estimate of drug-likeness (QED) is 0.759. The number of nitrogens with one attached hydrogen (secondary N) is 2. The molecule has 1 atom stereocenters. The summed E-state index contributed by atoms with van der Waals surface area (Å²) < 4.78 is 38.3. The number of amides is 2. The van der Waals surface area contributed by atoms with Crippen molar-refractivity contribution in [2.24, 2.45) is 0 Å². The number of urea groups is 1. The van der Waals surface area contributed by atoms with Gasteiger partial charge in [0.15, 0.2) is 0 Å². The van der Waals surface area contributed by atoms with Gasteiger partial charge in [-0.1, -0.05) is 18.2 Å². The predicted octanol–water partition coefficient (Wildman–Crippen LogP) is 1.09. The van der Waals surface area contributed by atoms with Crippen molar-refractivity contribution in [1.29, 1.82) is 0 Å². The number of halogens is 1. The van der Waals surface area contributed by atoms with Crippen LogP contribution in [-0.4, -0.2) is 51.3 Å². The summed E-state index contributed by atoms with van der Waals surface area (Å²) in [7, 11) is -3.26. The van der Waals surface area contributed by atoms with Crippen molar-refractivity contribution in [2.75, 3.05) is 25.9 Å². The van der Waals surface area contributed by atoms with E-state index in [4.69, 9.17) is 0 Å². The zero-order chi connectivity index (χ0) is 16.9. The van der Waals surface area contributed by atoms with Crippen molar-refractivity contribution >= 4 is 16.1 Å². The number of nitrogens with zero attached hydrogens (tertiary/aromatic N) is 1. The standard InChI is InChI=1S/C15H22FN3O3S/c1-23(21,22)18-13-8-10-19(11-13)15(20)17-9-4-6-12-5-2-3-7-14(12)16/h2-3,5,7,13,18H,4,6,8-11H2,1H3,(H,17,20). The summed E-state index contributed by atoms with van der Waals surface area (Å²) in [6.07, 6.45) is 2.92. The van der Waals surface area contributed by atoms with Crippen LogP contribution in [0.15, 0.2) is 24.3 Å². The Balaban J connectivity index is 1.69. The molecule has 0 aliphatic carbocycles. The summed E-state index contributed by atoms with van der Waals surface area (Å²) in [5, 5.41) is 2.79. The Morgan fingerprint density at radius 1 is 1.39 bits per heavy atom. The average Bonchev–Trinajstić information content (AvgIpc) is 2.91. The molecule has 2 N–H and O–H groups in total. The van der Waals surface area contributed by atoms with Crippen molar-refractivity contribution in [2.45, 2.75) is 25.3 Å². The molecule has 1 aromatic rings. The summed E-state index contributed by atoms with van der Waals surface area (Å²) in [6.45, 7) is 1.34. The fourth-order valence-corrected chi connectivity index (χ4v) is 3.43. The molecular formula is C15H22FN3O3S. The fraction of sp³-hybridized carbons (Fsp3) is 0.533. The number of likely N-dealkylation sites (tertiary alicyclic amines) is 1. The smallest absolute Gasteiger partial charge is 0.317 e. The Kier molecular flexibility index (Phi) is 5.95. The third-order valence-electron chi connectivity index (χ3n) is 3.71. The van der Waals surface area contributed by atoms with Crippen LogP contribution in [0.1, 0.15) is 18.4 Å². The highest BCUT2D eigenvalue weighted by atomic mass is 32.2. The van der Waals surface area contributed by atoms with Gasteiger partial charge in [0.25, 0.3) is 0 Å². The van der Waals surface area contributed by atoms with Gasteiger partial charge < -0.3 is 10.2 Å². The van der Waals surface area contributed by atoms with Gasteiger partial charge in [0.05, 0.1) is 6.26 Å². The molecule has 0 radical (unpaired) electrons. The van der Waals surface area contributed by atoms with Gasteiger partial charge in [-0.25, -0.2) is 22.3 Å². The van der Waals surface area contributed by atoms with E-state index in [0.717, 1.165) is 6.26 Å². The zero-order valence-corrected chi connectivity index (χ0v) is 13.9. The van der Waals surface area contributed by atoms with Crippen LogP contribution in [0.2, 0.25) is 0 Å². The minimum Gasteiger partial charge on any atom is -0.338 e. The first-order valence-corrected chi connectivity index (χ1v) is 9.48. The van der Waals surface area contributed by atoms with E-state index in [9.17, 15) is 17.6 Å². The van der Waals surface area contributed by atoms with Crippen molar-refractivity contribution in [3.8, 4) is 0 Å². The number of carbonyl (C=O) groups is 1. The number of hydrogen-bond acceptors (Lipinski definition) is 3. The molecule has 2 amide bonds. The molecule has 1 fully saturated rings. The van der Waals surface area contributed by atoms with Crippen molar-refractivity contribution in [3.63, 3.8) is 0 Å². The molecule has 128 valence electrons. The van der Waals surface area contributed by atoms with Crippen LogP contribution in [0, 0.1) is 5.82 Å². The monoisotopic (exact) mass is 343 g/mol. The number of hydrogen-bond donors (Lipinski definition) is 2. The van der Waals surface area contributed by atoms with Crippen LogP contribution in [0.5, 0.6) is 0 Å². The fourth-order valence-electron chi connectivity index (χ4n) is 2.63. The molecule has 1 aromatic carbocycles. The second-order valence-electron chi connectivity index (χ2n) is 5.75. The maximum atomic E-state index is 13.4. The molecule has 2 rings (SSSR count). The van der Waals surface area contributed by atoms with Gasteiger partial charge in [0, 0.05) is 25.7 Å². The number of benzene rings is 1. The molecule has 0 aromatic heterocycles. The van der Waals surface area contributed by atoms with Crippen LogP contribution < -0.4 is 10.0 Å². The van der Waals surface area contributed by atoms with Gasteiger partial charge in [-0.15, -0.1) is 0 Å². The molecule has 8 heteroatoms. The second-order valence-corrected chi connectivity index (χ2v) is 7.53. The first-order chi connectivity index (χ1) is 10.8. The van der Waals surface area contributed by atoms with E-state index < -0.39 is 10.0 Å². The Morgan fingerprint density at radius 2 is 2.13 bits per heavy atom. The Hall–Kier alpha value is -1.67. The van der Waals surface area contributed by atoms with E-state index in [1.54, 1.807) is 23.1 Å². The Morgan fingerprint density at radius 3 is 2.83 bits per heavy atom. The van der Waals surface area contributed by atoms with Crippen LogP contribution in [0.25, 0.3) is 0 Å². The molecule has 0 bridgehead atoms. The second kappa shape index (κ2) is 7.74. The summed E-state index contributed by atoms with van der Waals surface area (Å²) in [5.41, 5.74) is 0.639. The Labute approximate surface area is 136 Å². The van der Waals surface area contributed by atoms with Gasteiger partial charge in [-0.3, -0.25) is 0 Å². The molecule has 6 nitrogen and oxygen atoms in total. The molecule has 1 saturated heterocycles. The van der Waals surface area contributed by atoms with E-state index in [1.165, 1.54) is 6.07 Å². The van der Waals surface area contributed by atoms with Gasteiger partial charge in [0.2, 0.25) is 10.0 Å². The number of aryl methyl sites for hydroxylation is 1. The minimum atomic E-state index is -3.26. The zero-order valence-electron chi connectivity index (χ0n) is 13.1. The Bertz CT molecular complexity index is 651. The topological polar surface area (TPSA) is 78.5 Å². The van der Waals surface area contributed by atoms with E-state index in [2.05, 4.69) is 10.0 Å². The van der Waals surface area contributed by atoms with Gasteiger partial charge in [0.1, 0.15) is 5.82 Å². The summed E-state index contributed by atoms with van der Waals surface area (Å²) in [6, 6.07) is 6.16. The van der Waals surface area contributed by atoms with Gasteiger partial charge in [-0.2, -0.15) is 0 Å². The highest BCUT2D eigenvalue weighted by molar-refractivity contribution is 7.88. The first kappa shape index (κ1) is 17.7. The van der Waals surface area contributed by atoms with Crippen LogP contribution >= 0.6 is 0 Å². The van der Waals surface area contributed by atoms with E-state index >= 15 is 0 Å². The molecule has 0 saturated carbocycles. The molecule has 1 aliphatic rings. The van der Waals surface area contributed by atoms with Crippen LogP contribution in [-0.2, 0) is 16.4 Å². The maximum Gasteiger partial charge on any atom is 0.317 e. The molecule has 1 heterocycles. The van der Waals surface area contributed by atoms with Crippen molar-refractivity contribution < 1.29 is 17.6 Å². The maximum absolute atomic E-state index is 13.4. The number of carbonyl (C=O) groups excluding carboxylic acids is 1. The number of sulfonamides is 1. The largest absolute Gasteiger partial charge is 0.338 e. The highest BCUT2D eigenvalue weighted by Crippen LogP contribution is 2.11. The van der Waals surface area contributed by atoms with Crippen molar-refractivity contribution in [3.05, 3.63) is 35.6 Å². The average molecular weight is 343 g/mol. The van der Waals surface area contributed by atoms with E-state index in [0.29, 0.717) is 44.5 Å². The lowest BCUT2D eigenvalue weighted by Gasteiger charge is -2.17. The highest BCUT2D eigenvalue weighted by Gasteiger charge is 2.27. The van der Waals surface area contributed by atoms with Gasteiger partial charge in [-0.05, 0) is 30.9 Å². The summed E-state index contributed by atoms with van der Waals surface area (Å²) in [5.74, 6) is -0.229. The van der Waals surface area contributed by atoms with Crippen LogP contribution in [0.3, 0.4) is 0 Å². The van der Waals surface area contributed by atoms with E-state index in [1.807, 2.05) is 0 Å². The normalized spacial score (nSPS) is 18.2. The molecule has 0 spiro atoms. The minimum absolute atomic E-state index is 0.212. The van der Waals surface area contributed by atoms with Crippen molar-refractivity contribution in [1.82, 2.24) is 14.9 Å². The predicted molar refractivity (Wildman–Crippen MR) is 86.1 cm³/mol. The van der Waals surface area contributed by atoms with Gasteiger partial charge >= 0.3 is 6.03 Å². The lowest BCUT2D eigenvalue weighted by Crippen LogP contribution is -2.42. The first-order valence-electron chi connectivity index (χ1n) is 7.58. The molecule has 1 unspecified atom stereocenters. The lowest BCUT2D eigenvalue weighted by molar-refractivity contribution is 0.208. The molecular weight excluding hydrogens is 321 g/mol. The van der Waals surface area contributed by atoms with Crippen LogP contribution in [0.4, 0.5) is 9.18 Å². The molecule has 1 aliphatic heterocycles. The lowest BCUT2D eigenvalue weighted by atomic mass is 10.1. The summed E-state index contributed by atoms with van der Waals surface area (Å²) >= 11 is 0. The number of rotatable bonds is 6. The summed E-state index contributed by atoms with van der Waals surface area (Å²) in [4.78, 5) is 13.6. The van der Waals surface area contributed by atoms with E-state index in [-0.39, 0.29) is 17.9 Å².